The second-order valence-electron chi connectivity index (χ2n) is 5.38. The Hall–Kier alpha value is -2.56. The minimum atomic E-state index is -0.275. The molecule has 0 unspecified atom stereocenters. The summed E-state index contributed by atoms with van der Waals surface area (Å²) >= 11 is 0. The molecule has 0 amide bonds. The molecule has 1 aromatic carbocycles. The third-order valence-electron chi connectivity index (χ3n) is 3.70. The van der Waals surface area contributed by atoms with Crippen LogP contribution in [0.15, 0.2) is 41.5 Å². The topological polar surface area (TPSA) is 68.3 Å². The van der Waals surface area contributed by atoms with Crippen molar-refractivity contribution in [2.24, 2.45) is 10.7 Å². The zero-order chi connectivity index (χ0) is 15.5. The first-order valence-electron chi connectivity index (χ1n) is 7.16. The van der Waals surface area contributed by atoms with Gasteiger partial charge in [0, 0.05) is 30.3 Å². The van der Waals surface area contributed by atoms with E-state index in [0.717, 1.165) is 22.4 Å². The van der Waals surface area contributed by atoms with Gasteiger partial charge >= 0.3 is 0 Å². The van der Waals surface area contributed by atoms with Crippen molar-refractivity contribution in [3.05, 3.63) is 64.7 Å². The molecular weight excluding hydrogens is 281 g/mol. The van der Waals surface area contributed by atoms with Gasteiger partial charge < -0.3 is 5.73 Å². The first-order valence-corrected chi connectivity index (χ1v) is 7.16. The lowest BCUT2D eigenvalue weighted by atomic mass is 10.0. The fraction of sp³-hybridized carbons (Fsp3) is 0.235. The third kappa shape index (κ3) is 3.19. The number of Topliss-reactive ketones (excluding diaryl/α,β-unsaturated/α-hetero) is 1. The molecule has 2 heterocycles. The van der Waals surface area contributed by atoms with E-state index in [0.29, 0.717) is 25.2 Å². The van der Waals surface area contributed by atoms with E-state index in [9.17, 15) is 9.18 Å². The Balaban J connectivity index is 1.58. The van der Waals surface area contributed by atoms with Crippen molar-refractivity contribution in [1.82, 2.24) is 4.98 Å². The van der Waals surface area contributed by atoms with Crippen LogP contribution >= 0.6 is 0 Å². The molecule has 1 aliphatic heterocycles. The Bertz CT molecular complexity index is 755. The number of amidine groups is 1. The molecule has 112 valence electrons. The third-order valence-corrected chi connectivity index (χ3v) is 3.70. The van der Waals surface area contributed by atoms with Gasteiger partial charge in [-0.3, -0.25) is 14.8 Å². The number of halogens is 1. The lowest BCUT2D eigenvalue weighted by molar-refractivity contribution is -0.118. The van der Waals surface area contributed by atoms with Gasteiger partial charge in [0.15, 0.2) is 0 Å². The van der Waals surface area contributed by atoms with E-state index < -0.39 is 0 Å². The first-order chi connectivity index (χ1) is 10.6. The van der Waals surface area contributed by atoms with E-state index in [1.54, 1.807) is 12.3 Å². The lowest BCUT2D eigenvalue weighted by Crippen LogP contribution is -2.12. The molecule has 0 radical (unpaired) electrons. The van der Waals surface area contributed by atoms with E-state index >= 15 is 0 Å². The number of carbonyl (C=O) groups is 1. The Kier molecular flexibility index (Phi) is 3.96. The molecule has 2 aromatic rings. The molecule has 1 aromatic heterocycles. The van der Waals surface area contributed by atoms with Crippen molar-refractivity contribution in [2.75, 3.05) is 0 Å². The number of pyridine rings is 1. The van der Waals surface area contributed by atoms with Crippen molar-refractivity contribution in [3.8, 4) is 0 Å². The van der Waals surface area contributed by atoms with Gasteiger partial charge in [-0.1, -0.05) is 12.1 Å². The molecule has 22 heavy (non-hydrogen) atoms. The maximum atomic E-state index is 13.1. The van der Waals surface area contributed by atoms with E-state index in [1.165, 1.54) is 12.1 Å². The van der Waals surface area contributed by atoms with Crippen LogP contribution < -0.4 is 5.73 Å². The number of nitrogens with two attached hydrogens (primary N) is 1. The van der Waals surface area contributed by atoms with Crippen LogP contribution in [0.1, 0.15) is 28.8 Å². The zero-order valence-electron chi connectivity index (χ0n) is 12.1. The van der Waals surface area contributed by atoms with Crippen LogP contribution in [0, 0.1) is 5.82 Å². The summed E-state index contributed by atoms with van der Waals surface area (Å²) in [6.07, 6.45) is 2.87. The van der Waals surface area contributed by atoms with Gasteiger partial charge in [0.1, 0.15) is 17.4 Å². The molecule has 2 N–H and O–H groups in total. The summed E-state index contributed by atoms with van der Waals surface area (Å²) in [5, 5.41) is 0. The number of hydrogen-bond donors (Lipinski definition) is 1. The molecule has 0 bridgehead atoms. The molecule has 0 atom stereocenters. The second-order valence-corrected chi connectivity index (χ2v) is 5.38. The second kappa shape index (κ2) is 6.05. The molecule has 3 rings (SSSR count). The Morgan fingerprint density at radius 2 is 2.18 bits per heavy atom. The summed E-state index contributed by atoms with van der Waals surface area (Å²) in [6, 6.07) is 8.22. The van der Waals surface area contributed by atoms with Gasteiger partial charge in [0.2, 0.25) is 0 Å². The van der Waals surface area contributed by atoms with Crippen molar-refractivity contribution in [1.29, 1.82) is 0 Å². The SMILES string of the molecule is NC1=NCc2cc(CC(=O)CCc3cccc(F)c3)ncc21. The van der Waals surface area contributed by atoms with Crippen LogP contribution in [-0.4, -0.2) is 16.6 Å². The number of hydrogen-bond acceptors (Lipinski definition) is 4. The highest BCUT2D eigenvalue weighted by molar-refractivity contribution is 6.00. The van der Waals surface area contributed by atoms with E-state index in [-0.39, 0.29) is 18.0 Å². The number of aliphatic imine (C=N–C) groups is 1. The van der Waals surface area contributed by atoms with E-state index in [1.807, 2.05) is 12.1 Å². The molecule has 0 saturated carbocycles. The highest BCUT2D eigenvalue weighted by Crippen LogP contribution is 2.17. The first kappa shape index (κ1) is 14.4. The fourth-order valence-electron chi connectivity index (χ4n) is 2.53. The highest BCUT2D eigenvalue weighted by atomic mass is 19.1. The van der Waals surface area contributed by atoms with Gasteiger partial charge in [-0.05, 0) is 35.7 Å². The molecule has 5 heteroatoms. The molecular formula is C17H16FN3O. The quantitative estimate of drug-likeness (QED) is 0.919. The lowest BCUT2D eigenvalue weighted by Gasteiger charge is -2.04. The smallest absolute Gasteiger partial charge is 0.139 e. The maximum absolute atomic E-state index is 13.1. The summed E-state index contributed by atoms with van der Waals surface area (Å²) in [6.45, 7) is 0.550. The maximum Gasteiger partial charge on any atom is 0.139 e. The van der Waals surface area contributed by atoms with Crippen LogP contribution in [0.4, 0.5) is 4.39 Å². The average molecular weight is 297 g/mol. The van der Waals surface area contributed by atoms with E-state index in [2.05, 4.69) is 9.98 Å². The standard InChI is InChI=1S/C17H16FN3O/c18-13-3-1-2-11(6-13)4-5-15(22)8-14-7-12-9-21-17(19)16(12)10-20-14/h1-3,6-7,10H,4-5,8-9H2,(H2,19,21). The number of aryl methyl sites for hydroxylation is 1. The molecule has 0 saturated heterocycles. The summed E-state index contributed by atoms with van der Waals surface area (Å²) < 4.78 is 13.1. The van der Waals surface area contributed by atoms with Crippen LogP contribution in [0.2, 0.25) is 0 Å². The van der Waals surface area contributed by atoms with Crippen LogP contribution in [0.25, 0.3) is 0 Å². The number of benzene rings is 1. The number of fused-ring (bicyclic) bond motifs is 1. The van der Waals surface area contributed by atoms with Gasteiger partial charge in [-0.25, -0.2) is 4.39 Å². The molecule has 0 aliphatic carbocycles. The molecule has 0 fully saturated rings. The van der Waals surface area contributed by atoms with Gasteiger partial charge in [-0.2, -0.15) is 0 Å². The Morgan fingerprint density at radius 3 is 3.00 bits per heavy atom. The Labute approximate surface area is 127 Å². The predicted octanol–water partition coefficient (Wildman–Crippen LogP) is 2.18. The molecule has 4 nitrogen and oxygen atoms in total. The number of carbonyl (C=O) groups excluding carboxylic acids is 1. The predicted molar refractivity (Wildman–Crippen MR) is 82.1 cm³/mol. The van der Waals surface area contributed by atoms with Gasteiger partial charge in [0.05, 0.1) is 6.54 Å². The minimum Gasteiger partial charge on any atom is -0.383 e. The number of nitrogens with zero attached hydrogens (tertiary/aromatic N) is 2. The highest BCUT2D eigenvalue weighted by Gasteiger charge is 2.15. The van der Waals surface area contributed by atoms with Crippen molar-refractivity contribution in [2.45, 2.75) is 25.8 Å². The number of aromatic nitrogens is 1. The fourth-order valence-corrected chi connectivity index (χ4v) is 2.53. The monoisotopic (exact) mass is 297 g/mol. The van der Waals surface area contributed by atoms with E-state index in [4.69, 9.17) is 5.73 Å². The summed E-state index contributed by atoms with van der Waals surface area (Å²) in [4.78, 5) is 20.5. The molecule has 1 aliphatic rings. The average Bonchev–Trinajstić information content (AvgIpc) is 2.86. The minimum absolute atomic E-state index is 0.0867. The van der Waals surface area contributed by atoms with Crippen LogP contribution in [0.5, 0.6) is 0 Å². The summed E-state index contributed by atoms with van der Waals surface area (Å²) in [5.41, 5.74) is 9.17. The largest absolute Gasteiger partial charge is 0.383 e. The van der Waals surface area contributed by atoms with Crippen molar-refractivity contribution in [3.63, 3.8) is 0 Å². The van der Waals surface area contributed by atoms with Gasteiger partial charge in [0.25, 0.3) is 0 Å². The van der Waals surface area contributed by atoms with Crippen LogP contribution in [0.3, 0.4) is 0 Å². The van der Waals surface area contributed by atoms with Crippen LogP contribution in [-0.2, 0) is 24.2 Å². The van der Waals surface area contributed by atoms with Crippen molar-refractivity contribution >= 4 is 11.6 Å². The number of ketones is 1. The molecule has 0 spiro atoms. The normalized spacial score (nSPS) is 12.9. The summed E-state index contributed by atoms with van der Waals surface area (Å²) in [7, 11) is 0. The summed E-state index contributed by atoms with van der Waals surface area (Å²) in [5.74, 6) is 0.318. The van der Waals surface area contributed by atoms with Gasteiger partial charge in [-0.15, -0.1) is 0 Å². The van der Waals surface area contributed by atoms with Crippen molar-refractivity contribution < 1.29 is 9.18 Å². The number of rotatable bonds is 5. The zero-order valence-corrected chi connectivity index (χ0v) is 12.1. The Morgan fingerprint density at radius 1 is 1.32 bits per heavy atom.